The molecule has 2 aliphatic rings. The monoisotopic (exact) mass is 452 g/mol. The van der Waals surface area contributed by atoms with E-state index in [0.717, 1.165) is 80.8 Å². The van der Waals surface area contributed by atoms with Crippen LogP contribution in [0.25, 0.3) is 10.2 Å². The second kappa shape index (κ2) is 9.40. The molecule has 0 unspecified atom stereocenters. The Balaban J connectivity index is 1.35. The molecule has 0 atom stereocenters. The predicted octanol–water partition coefficient (Wildman–Crippen LogP) is 2.62. The number of fused-ring (bicyclic) bond motifs is 3. The summed E-state index contributed by atoms with van der Waals surface area (Å²) in [6, 6.07) is 2.13. The van der Waals surface area contributed by atoms with Gasteiger partial charge in [0.2, 0.25) is 0 Å². The molecule has 1 aliphatic carbocycles. The van der Waals surface area contributed by atoms with Crippen molar-refractivity contribution in [3.63, 3.8) is 0 Å². The van der Waals surface area contributed by atoms with Crippen LogP contribution in [0, 0.1) is 11.3 Å². The molecule has 0 saturated carbocycles. The number of H-pyrrole nitrogens is 1. The van der Waals surface area contributed by atoms with Crippen molar-refractivity contribution in [3.8, 4) is 6.07 Å². The van der Waals surface area contributed by atoms with Gasteiger partial charge < -0.3 is 15.8 Å². The van der Waals surface area contributed by atoms with Crippen molar-refractivity contribution in [1.29, 1.82) is 5.26 Å². The molecule has 5 rings (SSSR count). The number of nitrogens with one attached hydrogen (secondary N) is 2. The van der Waals surface area contributed by atoms with Gasteiger partial charge in [0.1, 0.15) is 28.1 Å². The molecule has 9 nitrogen and oxygen atoms in total. The molecule has 4 N–H and O–H groups in total. The van der Waals surface area contributed by atoms with Crippen molar-refractivity contribution in [2.75, 3.05) is 43.9 Å². The molecule has 0 amide bonds. The zero-order valence-electron chi connectivity index (χ0n) is 18.1. The zero-order valence-corrected chi connectivity index (χ0v) is 18.9. The standard InChI is InChI=1S/C22H28N8OS/c23-12-15-16(28-29-20(15)24)5-3-7-25-21-19-14-4-1-2-6-17(14)32-22(19)27-18(26-21)13-30-8-10-31-11-9-30/h1-11,13H2,(H3,24,28,29)(H,25,26,27). The average Bonchev–Trinajstić information content (AvgIpc) is 3.36. The van der Waals surface area contributed by atoms with Crippen LogP contribution in [0.5, 0.6) is 0 Å². The molecule has 3 aromatic heterocycles. The molecular weight excluding hydrogens is 424 g/mol. The average molecular weight is 453 g/mol. The van der Waals surface area contributed by atoms with E-state index in [4.69, 9.17) is 20.4 Å². The first-order valence-electron chi connectivity index (χ1n) is 11.3. The van der Waals surface area contributed by atoms with Gasteiger partial charge in [0.25, 0.3) is 0 Å². The Bertz CT molecular complexity index is 1140. The molecule has 10 heteroatoms. The third kappa shape index (κ3) is 4.28. The molecule has 0 bridgehead atoms. The maximum Gasteiger partial charge on any atom is 0.163 e. The molecule has 32 heavy (non-hydrogen) atoms. The molecular formula is C22H28N8OS. The fourth-order valence-electron chi connectivity index (χ4n) is 4.53. The van der Waals surface area contributed by atoms with E-state index in [1.165, 1.54) is 28.7 Å². The highest BCUT2D eigenvalue weighted by molar-refractivity contribution is 7.19. The van der Waals surface area contributed by atoms with Gasteiger partial charge in [0, 0.05) is 24.5 Å². The lowest BCUT2D eigenvalue weighted by molar-refractivity contribution is 0.0331. The molecule has 4 heterocycles. The van der Waals surface area contributed by atoms with Gasteiger partial charge in [-0.1, -0.05) is 0 Å². The minimum absolute atomic E-state index is 0.269. The van der Waals surface area contributed by atoms with Crippen LogP contribution >= 0.6 is 11.3 Å². The number of nitrogens with two attached hydrogens (primary N) is 1. The Morgan fingerprint density at radius 3 is 2.91 bits per heavy atom. The predicted molar refractivity (Wildman–Crippen MR) is 125 cm³/mol. The first-order valence-corrected chi connectivity index (χ1v) is 12.1. The molecule has 0 aromatic carbocycles. The van der Waals surface area contributed by atoms with E-state index in [9.17, 15) is 5.26 Å². The third-order valence-electron chi connectivity index (χ3n) is 6.21. The molecule has 3 aromatic rings. The van der Waals surface area contributed by atoms with E-state index < -0.39 is 0 Å². The number of aromatic nitrogens is 4. The second-order valence-electron chi connectivity index (χ2n) is 8.37. The number of anilines is 2. The summed E-state index contributed by atoms with van der Waals surface area (Å²) in [5.41, 5.74) is 8.43. The van der Waals surface area contributed by atoms with Gasteiger partial charge in [-0.05, 0) is 44.1 Å². The summed E-state index contributed by atoms with van der Waals surface area (Å²) in [6.45, 7) is 4.86. The second-order valence-corrected chi connectivity index (χ2v) is 9.46. The Hall–Kier alpha value is -2.74. The lowest BCUT2D eigenvalue weighted by atomic mass is 9.97. The van der Waals surface area contributed by atoms with Gasteiger partial charge in [-0.15, -0.1) is 11.3 Å². The highest BCUT2D eigenvalue weighted by Gasteiger charge is 2.22. The smallest absolute Gasteiger partial charge is 0.163 e. The molecule has 1 fully saturated rings. The largest absolute Gasteiger partial charge is 0.381 e. The molecule has 1 aliphatic heterocycles. The Labute approximate surface area is 191 Å². The van der Waals surface area contributed by atoms with Crippen molar-refractivity contribution in [3.05, 3.63) is 27.5 Å². The minimum atomic E-state index is 0.269. The highest BCUT2D eigenvalue weighted by Crippen LogP contribution is 2.38. The topological polar surface area (TPSA) is 129 Å². The van der Waals surface area contributed by atoms with E-state index in [-0.39, 0.29) is 5.82 Å². The first-order chi connectivity index (χ1) is 15.7. The lowest BCUT2D eigenvalue weighted by Crippen LogP contribution is -2.36. The summed E-state index contributed by atoms with van der Waals surface area (Å²) in [6.07, 6.45) is 6.28. The van der Waals surface area contributed by atoms with Gasteiger partial charge in [-0.3, -0.25) is 10.00 Å². The van der Waals surface area contributed by atoms with Gasteiger partial charge in [-0.2, -0.15) is 10.4 Å². The van der Waals surface area contributed by atoms with E-state index >= 15 is 0 Å². The summed E-state index contributed by atoms with van der Waals surface area (Å²) in [4.78, 5) is 14.9. The van der Waals surface area contributed by atoms with Crippen molar-refractivity contribution in [1.82, 2.24) is 25.1 Å². The SMILES string of the molecule is N#Cc1c(N)n[nH]c1CCCNc1nc(CN2CCOCC2)nc2sc3c(c12)CCCC3. The Morgan fingerprint density at radius 1 is 1.22 bits per heavy atom. The summed E-state index contributed by atoms with van der Waals surface area (Å²) in [5.74, 6) is 2.08. The number of aromatic amines is 1. The molecule has 1 saturated heterocycles. The van der Waals surface area contributed by atoms with E-state index in [1.807, 2.05) is 11.3 Å². The number of hydrogen-bond donors (Lipinski definition) is 3. The fourth-order valence-corrected chi connectivity index (χ4v) is 5.81. The van der Waals surface area contributed by atoms with Gasteiger partial charge in [-0.25, -0.2) is 9.97 Å². The summed E-state index contributed by atoms with van der Waals surface area (Å²) in [5, 5.41) is 20.9. The van der Waals surface area contributed by atoms with Crippen LogP contribution in [0.4, 0.5) is 11.6 Å². The van der Waals surface area contributed by atoms with Crippen LogP contribution in [0.3, 0.4) is 0 Å². The number of morpholine rings is 1. The Morgan fingerprint density at radius 2 is 2.06 bits per heavy atom. The van der Waals surface area contributed by atoms with E-state index in [0.29, 0.717) is 12.0 Å². The number of nitriles is 1. The quantitative estimate of drug-likeness (QED) is 0.467. The van der Waals surface area contributed by atoms with Gasteiger partial charge >= 0.3 is 0 Å². The maximum absolute atomic E-state index is 9.26. The maximum atomic E-state index is 9.26. The number of aryl methyl sites for hydroxylation is 3. The van der Waals surface area contributed by atoms with Crippen molar-refractivity contribution in [2.45, 2.75) is 45.1 Å². The lowest BCUT2D eigenvalue weighted by Gasteiger charge is -2.25. The van der Waals surface area contributed by atoms with Crippen LogP contribution in [0.1, 0.15) is 46.8 Å². The fraction of sp³-hybridized carbons (Fsp3) is 0.545. The number of rotatable bonds is 7. The first kappa shape index (κ1) is 21.1. The van der Waals surface area contributed by atoms with Gasteiger partial charge in [0.05, 0.1) is 30.8 Å². The number of hydrogen-bond acceptors (Lipinski definition) is 9. The van der Waals surface area contributed by atoms with Crippen molar-refractivity contribution in [2.24, 2.45) is 0 Å². The van der Waals surface area contributed by atoms with E-state index in [1.54, 1.807) is 0 Å². The highest BCUT2D eigenvalue weighted by atomic mass is 32.1. The van der Waals surface area contributed by atoms with Crippen LogP contribution in [-0.2, 0) is 30.5 Å². The molecule has 168 valence electrons. The van der Waals surface area contributed by atoms with Crippen LogP contribution in [0.15, 0.2) is 0 Å². The minimum Gasteiger partial charge on any atom is -0.381 e. The molecule has 0 radical (unpaired) electrons. The summed E-state index contributed by atoms with van der Waals surface area (Å²) in [7, 11) is 0. The zero-order chi connectivity index (χ0) is 21.9. The van der Waals surface area contributed by atoms with Crippen LogP contribution in [-0.4, -0.2) is 57.9 Å². The molecule has 0 spiro atoms. The number of thiophene rings is 1. The van der Waals surface area contributed by atoms with Gasteiger partial charge in [0.15, 0.2) is 5.82 Å². The summed E-state index contributed by atoms with van der Waals surface area (Å²) >= 11 is 1.84. The number of nitrogens with zero attached hydrogens (tertiary/aromatic N) is 5. The third-order valence-corrected chi connectivity index (χ3v) is 7.39. The van der Waals surface area contributed by atoms with Crippen LogP contribution in [0.2, 0.25) is 0 Å². The van der Waals surface area contributed by atoms with Crippen LogP contribution < -0.4 is 11.1 Å². The van der Waals surface area contributed by atoms with Crippen molar-refractivity contribution < 1.29 is 4.74 Å². The Kier molecular flexibility index (Phi) is 6.21. The number of nitrogen functional groups attached to an aromatic ring is 1. The van der Waals surface area contributed by atoms with Crippen molar-refractivity contribution >= 4 is 33.2 Å². The number of ether oxygens (including phenoxy) is 1. The summed E-state index contributed by atoms with van der Waals surface area (Å²) < 4.78 is 5.48. The van der Waals surface area contributed by atoms with E-state index in [2.05, 4.69) is 26.5 Å². The normalized spacial score (nSPS) is 16.7.